The van der Waals surface area contributed by atoms with Crippen LogP contribution in [-0.2, 0) is 14.8 Å². The summed E-state index contributed by atoms with van der Waals surface area (Å²) in [4.78, 5) is 11.4. The summed E-state index contributed by atoms with van der Waals surface area (Å²) in [5, 5.41) is 2.42. The number of carbonyl (C=O) groups is 1. The minimum absolute atomic E-state index is 0.210. The Morgan fingerprint density at radius 3 is 2.11 bits per heavy atom. The lowest BCUT2D eigenvalue weighted by atomic mass is 10.1. The first kappa shape index (κ1) is 14.5. The summed E-state index contributed by atoms with van der Waals surface area (Å²) in [7, 11) is -2.01. The molecule has 5 nitrogen and oxygen atoms in total. The molecule has 0 fully saturated rings. The van der Waals surface area contributed by atoms with Crippen LogP contribution >= 0.6 is 0 Å². The first-order valence-corrected chi connectivity index (χ1v) is 7.35. The van der Waals surface area contributed by atoms with E-state index in [0.717, 1.165) is 21.7 Å². The van der Waals surface area contributed by atoms with Crippen molar-refractivity contribution >= 4 is 21.6 Å². The highest BCUT2D eigenvalue weighted by Gasteiger charge is 2.20. The van der Waals surface area contributed by atoms with E-state index in [4.69, 9.17) is 0 Å². The number of rotatable bonds is 4. The Labute approximate surface area is 108 Å². The van der Waals surface area contributed by atoms with Crippen LogP contribution < -0.4 is 9.62 Å². The van der Waals surface area contributed by atoms with Gasteiger partial charge in [0.25, 0.3) is 0 Å². The fourth-order valence-electron chi connectivity index (χ4n) is 1.70. The Hall–Kier alpha value is -1.56. The SMILES string of the molecule is CNC(=O)CN(c1cc(C)cc(C)c1)S(C)(=O)=O. The van der Waals surface area contributed by atoms with E-state index in [1.165, 1.54) is 7.05 Å². The van der Waals surface area contributed by atoms with Crippen LogP contribution in [0, 0.1) is 13.8 Å². The molecule has 1 aromatic rings. The maximum absolute atomic E-state index is 11.8. The van der Waals surface area contributed by atoms with Crippen LogP contribution in [0.5, 0.6) is 0 Å². The summed E-state index contributed by atoms with van der Waals surface area (Å²) in [6, 6.07) is 5.44. The number of carbonyl (C=O) groups excluding carboxylic acids is 1. The summed E-state index contributed by atoms with van der Waals surface area (Å²) in [6.45, 7) is 3.56. The second-order valence-corrected chi connectivity index (χ2v) is 6.20. The molecule has 0 saturated carbocycles. The quantitative estimate of drug-likeness (QED) is 0.880. The van der Waals surface area contributed by atoms with Crippen molar-refractivity contribution < 1.29 is 13.2 Å². The van der Waals surface area contributed by atoms with Crippen LogP contribution in [0.4, 0.5) is 5.69 Å². The fourth-order valence-corrected chi connectivity index (χ4v) is 2.54. The molecule has 0 bridgehead atoms. The molecule has 0 aromatic heterocycles. The maximum Gasteiger partial charge on any atom is 0.240 e. The van der Waals surface area contributed by atoms with Crippen molar-refractivity contribution in [1.29, 1.82) is 0 Å². The molecule has 1 rings (SSSR count). The zero-order valence-corrected chi connectivity index (χ0v) is 11.8. The molecule has 0 aliphatic heterocycles. The third kappa shape index (κ3) is 3.73. The normalized spacial score (nSPS) is 11.1. The van der Waals surface area contributed by atoms with Gasteiger partial charge in [-0.05, 0) is 37.1 Å². The van der Waals surface area contributed by atoms with Gasteiger partial charge in [-0.2, -0.15) is 0 Å². The van der Waals surface area contributed by atoms with Gasteiger partial charge in [-0.1, -0.05) is 6.07 Å². The van der Waals surface area contributed by atoms with Crippen molar-refractivity contribution in [3.05, 3.63) is 29.3 Å². The van der Waals surface area contributed by atoms with Crippen LogP contribution in [0.1, 0.15) is 11.1 Å². The minimum Gasteiger partial charge on any atom is -0.358 e. The molecule has 0 aliphatic rings. The van der Waals surface area contributed by atoms with E-state index >= 15 is 0 Å². The summed E-state index contributed by atoms with van der Waals surface area (Å²) < 4.78 is 24.6. The zero-order valence-electron chi connectivity index (χ0n) is 11.0. The smallest absolute Gasteiger partial charge is 0.240 e. The number of anilines is 1. The van der Waals surface area contributed by atoms with Gasteiger partial charge in [-0.25, -0.2) is 8.42 Å². The topological polar surface area (TPSA) is 66.5 Å². The highest BCUT2D eigenvalue weighted by molar-refractivity contribution is 7.92. The molecular weight excluding hydrogens is 252 g/mol. The molecular formula is C12H18N2O3S. The van der Waals surface area contributed by atoms with Crippen LogP contribution in [0.3, 0.4) is 0 Å². The number of likely N-dealkylation sites (N-methyl/N-ethyl adjacent to an activating group) is 1. The standard InChI is InChI=1S/C12H18N2O3S/c1-9-5-10(2)7-11(6-9)14(18(4,16)17)8-12(15)13-3/h5-7H,8H2,1-4H3,(H,13,15). The Morgan fingerprint density at radius 2 is 1.72 bits per heavy atom. The Kier molecular flexibility index (Phi) is 4.34. The third-order valence-corrected chi connectivity index (χ3v) is 3.60. The van der Waals surface area contributed by atoms with E-state index in [0.29, 0.717) is 5.69 Å². The van der Waals surface area contributed by atoms with Gasteiger partial charge in [-0.15, -0.1) is 0 Å². The van der Waals surface area contributed by atoms with E-state index in [1.807, 2.05) is 19.9 Å². The Morgan fingerprint density at radius 1 is 1.22 bits per heavy atom. The molecule has 1 aromatic carbocycles. The van der Waals surface area contributed by atoms with Gasteiger partial charge >= 0.3 is 0 Å². The number of hydrogen-bond acceptors (Lipinski definition) is 3. The second-order valence-electron chi connectivity index (χ2n) is 4.29. The molecule has 0 radical (unpaired) electrons. The number of nitrogens with zero attached hydrogens (tertiary/aromatic N) is 1. The van der Waals surface area contributed by atoms with Crippen molar-refractivity contribution in [3.63, 3.8) is 0 Å². The van der Waals surface area contributed by atoms with Gasteiger partial charge in [0.15, 0.2) is 0 Å². The van der Waals surface area contributed by atoms with E-state index in [1.54, 1.807) is 12.1 Å². The van der Waals surface area contributed by atoms with Crippen molar-refractivity contribution in [2.45, 2.75) is 13.8 Å². The summed E-state index contributed by atoms with van der Waals surface area (Å²) >= 11 is 0. The molecule has 0 aliphatic carbocycles. The average Bonchev–Trinajstić information content (AvgIpc) is 2.22. The predicted octanol–water partition coefficient (Wildman–Crippen LogP) is 0.815. The van der Waals surface area contributed by atoms with Gasteiger partial charge in [-0.3, -0.25) is 9.10 Å². The van der Waals surface area contributed by atoms with Gasteiger partial charge in [0, 0.05) is 7.05 Å². The molecule has 1 amide bonds. The predicted molar refractivity (Wildman–Crippen MR) is 72.2 cm³/mol. The molecule has 0 atom stereocenters. The lowest BCUT2D eigenvalue weighted by Crippen LogP contribution is -2.39. The van der Waals surface area contributed by atoms with E-state index in [2.05, 4.69) is 5.32 Å². The summed E-state index contributed by atoms with van der Waals surface area (Å²) in [5.74, 6) is -0.348. The second kappa shape index (κ2) is 5.39. The number of nitrogens with one attached hydrogen (secondary N) is 1. The van der Waals surface area contributed by atoms with Crippen molar-refractivity contribution in [3.8, 4) is 0 Å². The number of hydrogen-bond donors (Lipinski definition) is 1. The number of aryl methyl sites for hydroxylation is 2. The molecule has 1 N–H and O–H groups in total. The van der Waals surface area contributed by atoms with Crippen LogP contribution in [0.15, 0.2) is 18.2 Å². The Bertz CT molecular complexity index is 532. The molecule has 0 saturated heterocycles. The van der Waals surface area contributed by atoms with Crippen LogP contribution in [-0.4, -0.2) is 34.2 Å². The first-order valence-electron chi connectivity index (χ1n) is 5.50. The molecule has 0 heterocycles. The molecule has 0 spiro atoms. The number of amides is 1. The first-order chi connectivity index (χ1) is 8.24. The summed E-state index contributed by atoms with van der Waals surface area (Å²) in [5.41, 5.74) is 2.42. The zero-order chi connectivity index (χ0) is 13.9. The lowest BCUT2D eigenvalue weighted by molar-refractivity contribution is -0.119. The largest absolute Gasteiger partial charge is 0.358 e. The van der Waals surface area contributed by atoms with Crippen molar-refractivity contribution in [1.82, 2.24) is 5.32 Å². The lowest BCUT2D eigenvalue weighted by Gasteiger charge is -2.22. The fraction of sp³-hybridized carbons (Fsp3) is 0.417. The highest BCUT2D eigenvalue weighted by Crippen LogP contribution is 2.20. The van der Waals surface area contributed by atoms with E-state index in [9.17, 15) is 13.2 Å². The van der Waals surface area contributed by atoms with E-state index < -0.39 is 10.0 Å². The molecule has 0 unspecified atom stereocenters. The van der Waals surface area contributed by atoms with Crippen LogP contribution in [0.2, 0.25) is 0 Å². The highest BCUT2D eigenvalue weighted by atomic mass is 32.2. The van der Waals surface area contributed by atoms with Gasteiger partial charge < -0.3 is 5.32 Å². The minimum atomic E-state index is -3.48. The Balaban J connectivity index is 3.22. The van der Waals surface area contributed by atoms with Gasteiger partial charge in [0.1, 0.15) is 6.54 Å². The monoisotopic (exact) mass is 270 g/mol. The third-order valence-electron chi connectivity index (χ3n) is 2.46. The molecule has 6 heteroatoms. The molecule has 100 valence electrons. The summed E-state index contributed by atoms with van der Waals surface area (Å²) in [6.07, 6.45) is 1.09. The maximum atomic E-state index is 11.8. The van der Waals surface area contributed by atoms with Crippen LogP contribution in [0.25, 0.3) is 0 Å². The molecule has 18 heavy (non-hydrogen) atoms. The number of benzene rings is 1. The van der Waals surface area contributed by atoms with E-state index in [-0.39, 0.29) is 12.5 Å². The van der Waals surface area contributed by atoms with Gasteiger partial charge in [0.2, 0.25) is 15.9 Å². The number of sulfonamides is 1. The van der Waals surface area contributed by atoms with Crippen molar-refractivity contribution in [2.24, 2.45) is 0 Å². The average molecular weight is 270 g/mol. The van der Waals surface area contributed by atoms with Crippen molar-refractivity contribution in [2.75, 3.05) is 24.2 Å². The van der Waals surface area contributed by atoms with Gasteiger partial charge in [0.05, 0.1) is 11.9 Å².